The van der Waals surface area contributed by atoms with Crippen molar-refractivity contribution in [2.75, 3.05) is 26.4 Å². The van der Waals surface area contributed by atoms with E-state index in [0.29, 0.717) is 12.8 Å². The smallest absolute Gasteiger partial charge is 0.220 e. The number of hydrogen-bond donors (Lipinski definition) is 12. The predicted molar refractivity (Wildman–Crippen MR) is 416 cm³/mol. The summed E-state index contributed by atoms with van der Waals surface area (Å²) in [4.78, 5) is 13.5. The van der Waals surface area contributed by atoms with Crippen LogP contribution >= 0.6 is 0 Å². The van der Waals surface area contributed by atoms with Crippen molar-refractivity contribution in [3.05, 3.63) is 0 Å². The Morgan fingerprint density at radius 2 is 0.548 bits per heavy atom. The van der Waals surface area contributed by atoms with Gasteiger partial charge in [0.1, 0.15) is 73.2 Å². The lowest BCUT2D eigenvalue weighted by Gasteiger charge is -2.48. The lowest BCUT2D eigenvalue weighted by Crippen LogP contribution is -2.66. The lowest BCUT2D eigenvalue weighted by atomic mass is 9.96. The number of carbonyl (C=O) groups is 1. The summed E-state index contributed by atoms with van der Waals surface area (Å²) in [6.45, 7) is 1.89. The van der Waals surface area contributed by atoms with Crippen LogP contribution in [0.5, 0.6) is 0 Å². The first-order valence-corrected chi connectivity index (χ1v) is 44.3. The first-order chi connectivity index (χ1) is 50.8. The van der Waals surface area contributed by atoms with E-state index in [2.05, 4.69) is 19.2 Å². The Morgan fingerprint density at radius 3 is 0.837 bits per heavy atom. The van der Waals surface area contributed by atoms with Gasteiger partial charge in [-0.1, -0.05) is 386 Å². The highest BCUT2D eigenvalue weighted by Crippen LogP contribution is 2.34. The Balaban J connectivity index is 1.33. The normalized spacial score (nSPS) is 25.8. The number of aliphatic hydroxyl groups is 11. The predicted octanol–water partition coefficient (Wildman–Crippen LogP) is 16.1. The highest BCUT2D eigenvalue weighted by molar-refractivity contribution is 5.76. The molecule has 0 radical (unpaired) electrons. The summed E-state index contributed by atoms with van der Waals surface area (Å²) >= 11 is 0. The zero-order chi connectivity index (χ0) is 75.3. The van der Waals surface area contributed by atoms with Crippen molar-refractivity contribution in [1.29, 1.82) is 0 Å². The van der Waals surface area contributed by atoms with Crippen LogP contribution in [0.2, 0.25) is 0 Å². The van der Waals surface area contributed by atoms with Gasteiger partial charge >= 0.3 is 0 Å². The van der Waals surface area contributed by atoms with E-state index in [1.165, 1.54) is 327 Å². The maximum absolute atomic E-state index is 13.5. The number of aliphatic hydroxyl groups excluding tert-OH is 11. The molecule has 1 amide bonds. The number of amides is 1. The highest BCUT2D eigenvalue weighted by atomic mass is 16.8. The molecule has 0 aromatic carbocycles. The summed E-state index contributed by atoms with van der Waals surface area (Å²) in [5.41, 5.74) is 0. The summed E-state index contributed by atoms with van der Waals surface area (Å²) in [5, 5.41) is 121. The topological polar surface area (TPSA) is 307 Å². The molecule has 0 aromatic rings. The van der Waals surface area contributed by atoms with Crippen LogP contribution in [-0.2, 0) is 33.2 Å². The number of nitrogens with one attached hydrogen (secondary N) is 1. The van der Waals surface area contributed by atoms with Crippen molar-refractivity contribution < 1.29 is 89.4 Å². The van der Waals surface area contributed by atoms with Crippen LogP contribution in [0.15, 0.2) is 0 Å². The summed E-state index contributed by atoms with van der Waals surface area (Å²) in [7, 11) is 0. The Kier molecular flexibility index (Phi) is 61.9. The van der Waals surface area contributed by atoms with E-state index in [0.717, 1.165) is 44.9 Å². The zero-order valence-electron chi connectivity index (χ0n) is 66.6. The fraction of sp³-hybridized carbons (Fsp3) is 0.988. The van der Waals surface area contributed by atoms with Crippen LogP contribution in [0.1, 0.15) is 406 Å². The minimum Gasteiger partial charge on any atom is -0.394 e. The van der Waals surface area contributed by atoms with E-state index in [1.54, 1.807) is 0 Å². The number of ether oxygens (including phenoxy) is 6. The van der Waals surface area contributed by atoms with E-state index >= 15 is 0 Å². The van der Waals surface area contributed by atoms with Crippen molar-refractivity contribution in [1.82, 2.24) is 5.32 Å². The molecular formula is C85H165NO18. The molecule has 3 rings (SSSR count). The summed E-state index contributed by atoms with van der Waals surface area (Å²) < 4.78 is 34.6. The van der Waals surface area contributed by atoms with Crippen molar-refractivity contribution >= 4 is 5.91 Å². The van der Waals surface area contributed by atoms with Crippen LogP contribution in [0.3, 0.4) is 0 Å². The van der Waals surface area contributed by atoms with Gasteiger partial charge in [-0.25, -0.2) is 0 Å². The maximum Gasteiger partial charge on any atom is 0.220 e. The van der Waals surface area contributed by atoms with Crippen molar-refractivity contribution in [3.8, 4) is 0 Å². The molecule has 3 fully saturated rings. The maximum atomic E-state index is 13.5. The average molecular weight is 1490 g/mol. The summed E-state index contributed by atoms with van der Waals surface area (Å²) in [6.07, 6.45) is 52.1. The van der Waals surface area contributed by atoms with E-state index < -0.39 is 124 Å². The molecule has 17 atom stereocenters. The first-order valence-electron chi connectivity index (χ1n) is 44.3. The van der Waals surface area contributed by atoms with Crippen LogP contribution in [-0.4, -0.2) is 193 Å². The van der Waals surface area contributed by atoms with Crippen LogP contribution in [0.25, 0.3) is 0 Å². The Morgan fingerprint density at radius 1 is 0.308 bits per heavy atom. The minimum absolute atomic E-state index is 0.231. The number of rotatable bonds is 73. The molecule has 19 heteroatoms. The van der Waals surface area contributed by atoms with Gasteiger partial charge in [-0.2, -0.15) is 0 Å². The fourth-order valence-electron chi connectivity index (χ4n) is 15.6. The van der Waals surface area contributed by atoms with Crippen LogP contribution in [0.4, 0.5) is 0 Å². The molecule has 0 saturated carbocycles. The second-order valence-electron chi connectivity index (χ2n) is 32.1. The largest absolute Gasteiger partial charge is 0.394 e. The molecule has 12 N–H and O–H groups in total. The molecule has 3 heterocycles. The third kappa shape index (κ3) is 45.3. The van der Waals surface area contributed by atoms with Gasteiger partial charge < -0.3 is 89.9 Å². The van der Waals surface area contributed by atoms with Crippen LogP contribution < -0.4 is 5.32 Å². The fourth-order valence-corrected chi connectivity index (χ4v) is 15.6. The molecule has 0 aromatic heterocycles. The lowest BCUT2D eigenvalue weighted by molar-refractivity contribution is -0.379. The molecule has 19 nitrogen and oxygen atoms in total. The van der Waals surface area contributed by atoms with Crippen LogP contribution in [0, 0.1) is 0 Å². The Hall–Kier alpha value is -1.21. The van der Waals surface area contributed by atoms with Gasteiger partial charge in [0.05, 0.1) is 38.6 Å². The van der Waals surface area contributed by atoms with E-state index in [9.17, 15) is 61.0 Å². The van der Waals surface area contributed by atoms with Gasteiger partial charge in [0.15, 0.2) is 18.9 Å². The zero-order valence-corrected chi connectivity index (χ0v) is 66.6. The first kappa shape index (κ1) is 97.0. The van der Waals surface area contributed by atoms with Gasteiger partial charge in [-0.3, -0.25) is 4.79 Å². The molecule has 0 bridgehead atoms. The molecule has 104 heavy (non-hydrogen) atoms. The van der Waals surface area contributed by atoms with E-state index in [1.807, 2.05) is 0 Å². The molecule has 0 spiro atoms. The second-order valence-corrected chi connectivity index (χ2v) is 32.1. The van der Waals surface area contributed by atoms with Crippen molar-refractivity contribution in [2.24, 2.45) is 0 Å². The average Bonchev–Trinajstić information content (AvgIpc) is 0.783. The molecule has 3 saturated heterocycles. The monoisotopic (exact) mass is 1490 g/mol. The number of carbonyl (C=O) groups excluding carboxylic acids is 1. The standard InChI is InChI=1S/C85H165NO18/c1-3-5-7-9-11-13-15-17-19-21-23-25-27-29-31-33-35-36-38-40-42-44-46-48-50-52-54-56-58-60-62-69(90)68(86-73(91)63-61-59-57-55-53-51-49-47-45-43-41-39-37-34-32-30-28-26-24-22-20-18-16-14-12-10-8-6-4-2)67-99-83-79(97)76(94)81(71(65-88)101-83)104-85-80(98)77(95)82(72(66-89)102-85)103-84-78(96)75(93)74(92)70(64-87)100-84/h68-72,74-85,87-90,92-98H,3-67H2,1-2H3,(H,86,91). The summed E-state index contributed by atoms with van der Waals surface area (Å²) in [6, 6.07) is -0.884. The van der Waals surface area contributed by atoms with Gasteiger partial charge in [0.25, 0.3) is 0 Å². The third-order valence-corrected chi connectivity index (χ3v) is 22.7. The molecule has 618 valence electrons. The molecular weight excluding hydrogens is 1320 g/mol. The van der Waals surface area contributed by atoms with Crippen molar-refractivity contribution in [2.45, 2.75) is 510 Å². The molecule has 17 unspecified atom stereocenters. The second kappa shape index (κ2) is 66.4. The third-order valence-electron chi connectivity index (χ3n) is 22.7. The van der Waals surface area contributed by atoms with Gasteiger partial charge in [0.2, 0.25) is 5.91 Å². The van der Waals surface area contributed by atoms with Crippen molar-refractivity contribution in [3.63, 3.8) is 0 Å². The Bertz CT molecular complexity index is 1880. The quantitative estimate of drug-likeness (QED) is 0.0252. The number of unbranched alkanes of at least 4 members (excludes halogenated alkanes) is 57. The van der Waals surface area contributed by atoms with Gasteiger partial charge in [-0.05, 0) is 12.8 Å². The SMILES string of the molecule is CCCCCCCCCCCCCCCCCCCCCCCCCCCCCCCCC(O)C(COC1OC(CO)C(OC2OC(CO)C(OC3OC(CO)C(O)C(O)C3O)C(O)C2O)C(O)C1O)NC(=O)CCCCCCCCCCCCCCCCCCCCCCCCCCCCCCC. The molecule has 3 aliphatic heterocycles. The highest BCUT2D eigenvalue weighted by Gasteiger charge is 2.54. The van der Waals surface area contributed by atoms with Gasteiger partial charge in [-0.15, -0.1) is 0 Å². The van der Waals surface area contributed by atoms with E-state index in [-0.39, 0.29) is 18.9 Å². The summed E-state index contributed by atoms with van der Waals surface area (Å²) in [5.74, 6) is -0.231. The van der Waals surface area contributed by atoms with Gasteiger partial charge in [0, 0.05) is 6.42 Å². The Labute approximate surface area is 634 Å². The van der Waals surface area contributed by atoms with E-state index in [4.69, 9.17) is 28.4 Å². The molecule has 0 aliphatic carbocycles. The minimum atomic E-state index is -1.97. The number of hydrogen-bond acceptors (Lipinski definition) is 18. The molecule has 3 aliphatic rings.